The van der Waals surface area contributed by atoms with E-state index < -0.39 is 6.17 Å². The van der Waals surface area contributed by atoms with Crippen LogP contribution in [0.15, 0.2) is 12.1 Å². The summed E-state index contributed by atoms with van der Waals surface area (Å²) < 4.78 is 5.16. The third-order valence-electron chi connectivity index (χ3n) is 4.73. The number of halogens is 1. The summed E-state index contributed by atoms with van der Waals surface area (Å²) in [6.45, 7) is 1.96. The first-order valence-electron chi connectivity index (χ1n) is 8.07. The van der Waals surface area contributed by atoms with E-state index >= 15 is 0 Å². The van der Waals surface area contributed by atoms with Crippen LogP contribution in [0.1, 0.15) is 32.5 Å². The van der Waals surface area contributed by atoms with Gasteiger partial charge >= 0.3 is 0 Å². The molecular formula is C17H19ClN3O3S+. The topological polar surface area (TPSA) is 75.0 Å². The fraction of sp³-hybridized carbons (Fsp3) is 0.353. The maximum atomic E-state index is 12.7. The molecule has 3 heterocycles. The lowest BCUT2D eigenvalue weighted by Crippen LogP contribution is -3.08. The molecule has 0 bridgehead atoms. The highest BCUT2D eigenvalue weighted by atomic mass is 35.5. The Bertz CT molecular complexity index is 867. The average Bonchev–Trinajstić information content (AvgIpc) is 2.94. The highest BCUT2D eigenvalue weighted by Gasteiger charge is 2.35. The van der Waals surface area contributed by atoms with E-state index in [1.54, 1.807) is 23.5 Å². The number of carbonyl (C=O) groups is 1. The molecular weight excluding hydrogens is 362 g/mol. The molecule has 1 aromatic heterocycles. The Balaban J connectivity index is 1.73. The number of carbonyl (C=O) groups excluding carboxylic acids is 1. The zero-order valence-electron chi connectivity index (χ0n) is 13.9. The van der Waals surface area contributed by atoms with Crippen LogP contribution in [-0.4, -0.2) is 31.7 Å². The number of ether oxygens (including phenoxy) is 1. The number of phenolic OH excluding ortho intramolecular Hbond substituents is 1. The van der Waals surface area contributed by atoms with Crippen molar-refractivity contribution in [2.45, 2.75) is 19.1 Å². The Morgan fingerprint density at radius 3 is 2.96 bits per heavy atom. The lowest BCUT2D eigenvalue weighted by molar-refractivity contribution is -0.895. The van der Waals surface area contributed by atoms with Gasteiger partial charge in [0.2, 0.25) is 0 Å². The third-order valence-corrected chi connectivity index (χ3v) is 6.11. The Morgan fingerprint density at radius 1 is 1.40 bits per heavy atom. The minimum absolute atomic E-state index is 0.0290. The van der Waals surface area contributed by atoms with E-state index in [2.05, 4.69) is 17.7 Å². The Hall–Kier alpha value is -1.96. The van der Waals surface area contributed by atoms with Gasteiger partial charge < -0.3 is 25.4 Å². The third kappa shape index (κ3) is 2.72. The fourth-order valence-electron chi connectivity index (χ4n) is 3.46. The highest BCUT2D eigenvalue weighted by molar-refractivity contribution is 7.16. The second-order valence-electron chi connectivity index (χ2n) is 6.44. The van der Waals surface area contributed by atoms with Gasteiger partial charge in [-0.3, -0.25) is 4.79 Å². The summed E-state index contributed by atoms with van der Waals surface area (Å²) in [4.78, 5) is 15.4. The van der Waals surface area contributed by atoms with Crippen LogP contribution in [0, 0.1) is 0 Å². The summed E-state index contributed by atoms with van der Waals surface area (Å²) in [5.74, 6) is 0.132. The van der Waals surface area contributed by atoms with Crippen LogP contribution in [0.4, 0.5) is 5.00 Å². The van der Waals surface area contributed by atoms with Crippen LogP contribution in [0.5, 0.6) is 11.5 Å². The zero-order valence-corrected chi connectivity index (χ0v) is 15.5. The van der Waals surface area contributed by atoms with Gasteiger partial charge in [-0.1, -0.05) is 11.6 Å². The second kappa shape index (κ2) is 6.09. The molecule has 2 aromatic rings. The van der Waals surface area contributed by atoms with Gasteiger partial charge in [0.15, 0.2) is 11.5 Å². The van der Waals surface area contributed by atoms with Gasteiger partial charge in [-0.2, -0.15) is 0 Å². The van der Waals surface area contributed by atoms with Crippen LogP contribution in [0.2, 0.25) is 5.02 Å². The highest BCUT2D eigenvalue weighted by Crippen LogP contribution is 2.42. The van der Waals surface area contributed by atoms with E-state index in [1.807, 2.05) is 0 Å². The van der Waals surface area contributed by atoms with Gasteiger partial charge in [-0.15, -0.1) is 11.3 Å². The minimum atomic E-state index is -0.558. The number of quaternary nitrogens is 1. The maximum absolute atomic E-state index is 12.7. The van der Waals surface area contributed by atoms with Gasteiger partial charge in [-0.05, 0) is 11.6 Å². The SMILES string of the molecule is COc1cc(Cl)cc([C@@H]2NC(=O)c3c(sc4c3CC[NH+](C)C4)N2)c1O. The molecule has 6 nitrogen and oxygen atoms in total. The monoisotopic (exact) mass is 380 g/mol. The molecule has 8 heteroatoms. The summed E-state index contributed by atoms with van der Waals surface area (Å²) in [7, 11) is 3.63. The zero-order chi connectivity index (χ0) is 17.7. The van der Waals surface area contributed by atoms with E-state index in [0.29, 0.717) is 10.6 Å². The number of nitrogens with one attached hydrogen (secondary N) is 3. The number of hydrogen-bond acceptors (Lipinski definition) is 5. The van der Waals surface area contributed by atoms with Crippen molar-refractivity contribution in [1.29, 1.82) is 0 Å². The van der Waals surface area contributed by atoms with Gasteiger partial charge in [0, 0.05) is 23.1 Å². The lowest BCUT2D eigenvalue weighted by Gasteiger charge is -2.28. The maximum Gasteiger partial charge on any atom is 0.256 e. The van der Waals surface area contributed by atoms with Crippen molar-refractivity contribution in [1.82, 2.24) is 5.32 Å². The summed E-state index contributed by atoms with van der Waals surface area (Å²) in [6, 6.07) is 3.17. The smallest absolute Gasteiger partial charge is 0.256 e. The van der Waals surface area contributed by atoms with Crippen LogP contribution < -0.4 is 20.3 Å². The number of likely N-dealkylation sites (N-methyl/N-ethyl adjacent to an activating group) is 1. The molecule has 0 spiro atoms. The van der Waals surface area contributed by atoms with Crippen molar-refractivity contribution in [3.63, 3.8) is 0 Å². The van der Waals surface area contributed by atoms with Crippen molar-refractivity contribution >= 4 is 33.8 Å². The quantitative estimate of drug-likeness (QED) is 0.637. The number of rotatable bonds is 2. The Morgan fingerprint density at radius 2 is 2.20 bits per heavy atom. The molecule has 1 aromatic carbocycles. The standard InChI is InChI=1S/C17H18ClN3O3S/c1-21-4-3-9-12(7-21)25-17-13(9)16(23)19-15(20-17)10-5-8(18)6-11(24-2)14(10)22/h5-6,15,20,22H,3-4,7H2,1-2H3,(H,19,23)/p+1/t15-/m1/s1. The molecule has 1 amide bonds. The molecule has 25 heavy (non-hydrogen) atoms. The number of aromatic hydroxyl groups is 1. The molecule has 2 aliphatic heterocycles. The molecule has 0 saturated heterocycles. The number of phenols is 1. The number of methoxy groups -OCH3 is 1. The molecule has 4 N–H and O–H groups in total. The molecule has 0 radical (unpaired) electrons. The van der Waals surface area contributed by atoms with Gasteiger partial charge in [0.25, 0.3) is 5.91 Å². The van der Waals surface area contributed by atoms with Crippen molar-refractivity contribution in [2.24, 2.45) is 0 Å². The van der Waals surface area contributed by atoms with Gasteiger partial charge in [-0.25, -0.2) is 0 Å². The Kier molecular flexibility index (Phi) is 4.02. The number of amides is 1. The summed E-state index contributed by atoms with van der Waals surface area (Å²) in [5.41, 5.74) is 2.39. The van der Waals surface area contributed by atoms with Crippen LogP contribution in [-0.2, 0) is 13.0 Å². The van der Waals surface area contributed by atoms with Gasteiger partial charge in [0.05, 0.1) is 31.1 Å². The number of fused-ring (bicyclic) bond motifs is 3. The first kappa shape index (κ1) is 16.5. The molecule has 0 saturated carbocycles. The van der Waals surface area contributed by atoms with E-state index in [0.717, 1.165) is 35.6 Å². The van der Waals surface area contributed by atoms with Crippen molar-refractivity contribution in [2.75, 3.05) is 26.0 Å². The first-order chi connectivity index (χ1) is 12.0. The molecule has 2 aliphatic rings. The van der Waals surface area contributed by atoms with Gasteiger partial charge in [0.1, 0.15) is 17.7 Å². The number of benzene rings is 1. The van der Waals surface area contributed by atoms with Crippen molar-refractivity contribution < 1.29 is 19.5 Å². The van der Waals surface area contributed by atoms with Crippen molar-refractivity contribution in [3.8, 4) is 11.5 Å². The molecule has 0 fully saturated rings. The number of hydrogen-bond donors (Lipinski definition) is 4. The molecule has 1 unspecified atom stereocenters. The predicted octanol–water partition coefficient (Wildman–Crippen LogP) is 1.54. The summed E-state index contributed by atoms with van der Waals surface area (Å²) >= 11 is 7.75. The van der Waals surface area contributed by atoms with E-state index in [-0.39, 0.29) is 17.4 Å². The molecule has 2 atom stereocenters. The number of thiophene rings is 1. The van der Waals surface area contributed by atoms with Crippen LogP contribution in [0.25, 0.3) is 0 Å². The lowest BCUT2D eigenvalue weighted by atomic mass is 10.0. The molecule has 132 valence electrons. The summed E-state index contributed by atoms with van der Waals surface area (Å²) in [5, 5.41) is 18.0. The fourth-order valence-corrected chi connectivity index (χ4v) is 5.06. The summed E-state index contributed by atoms with van der Waals surface area (Å²) in [6.07, 6.45) is 0.348. The predicted molar refractivity (Wildman–Crippen MR) is 97.0 cm³/mol. The molecule has 4 rings (SSSR count). The average molecular weight is 381 g/mol. The van der Waals surface area contributed by atoms with Crippen LogP contribution >= 0.6 is 22.9 Å². The van der Waals surface area contributed by atoms with E-state index in [1.165, 1.54) is 16.9 Å². The van der Waals surface area contributed by atoms with E-state index in [9.17, 15) is 9.90 Å². The minimum Gasteiger partial charge on any atom is -0.504 e. The Labute approximate surface area is 154 Å². The van der Waals surface area contributed by atoms with Crippen LogP contribution in [0.3, 0.4) is 0 Å². The molecule has 0 aliphatic carbocycles. The largest absolute Gasteiger partial charge is 0.504 e. The van der Waals surface area contributed by atoms with E-state index in [4.69, 9.17) is 16.3 Å². The normalized spacial score (nSPS) is 21.8. The second-order valence-corrected chi connectivity index (χ2v) is 7.98. The first-order valence-corrected chi connectivity index (χ1v) is 9.27. The number of anilines is 1. The van der Waals surface area contributed by atoms with Crippen molar-refractivity contribution in [3.05, 3.63) is 38.7 Å².